The van der Waals surface area contributed by atoms with Crippen LogP contribution >= 0.6 is 0 Å². The van der Waals surface area contributed by atoms with Gasteiger partial charge in [0.05, 0.1) is 5.69 Å². The SMILES string of the molecule is CC(C)(C)c1cc(-c2cc(C(C)(C)C)cc(-c3cc(C(C)(C)C)cc(C(C)(C)C)c3)c2N2[CH-]N(c3[c-]c(Oc4[c-]c5c(cc4)c4ccccc4n5-c4cc(C(C)(C)C)ccn4)ccc3)c3ncccc32)cc(C(C)(C)C)c1.[Pt]. The molecule has 0 radical (unpaired) electrons. The van der Waals surface area contributed by atoms with E-state index in [1.807, 2.05) is 36.7 Å². The normalized spacial score (nSPS) is 13.6. The molecule has 0 spiro atoms. The van der Waals surface area contributed by atoms with E-state index in [9.17, 15) is 0 Å². The Hall–Kier alpha value is -6.49. The summed E-state index contributed by atoms with van der Waals surface area (Å²) in [6.45, 7) is 43.8. The predicted octanol–water partition coefficient (Wildman–Crippen LogP) is 19.5. The van der Waals surface area contributed by atoms with Gasteiger partial charge < -0.3 is 19.1 Å². The van der Waals surface area contributed by atoms with Crippen molar-refractivity contribution < 1.29 is 25.8 Å². The van der Waals surface area contributed by atoms with Gasteiger partial charge in [0.1, 0.15) is 11.6 Å². The van der Waals surface area contributed by atoms with Crippen molar-refractivity contribution in [1.82, 2.24) is 14.5 Å². The number of anilines is 4. The smallest absolute Gasteiger partial charge is 0.135 e. The number of hydrogen-bond donors (Lipinski definition) is 0. The molecule has 0 unspecified atom stereocenters. The van der Waals surface area contributed by atoms with Crippen molar-refractivity contribution in [3.63, 3.8) is 0 Å². The second kappa shape index (κ2) is 20.0. The van der Waals surface area contributed by atoms with Gasteiger partial charge in [-0.15, -0.1) is 42.4 Å². The Morgan fingerprint density at radius 3 is 1.51 bits per heavy atom. The molecule has 0 bridgehead atoms. The summed E-state index contributed by atoms with van der Waals surface area (Å²) in [6, 6.07) is 54.1. The number of fused-ring (bicyclic) bond motifs is 4. The number of rotatable bonds is 7. The van der Waals surface area contributed by atoms with E-state index in [4.69, 9.17) is 14.7 Å². The first-order valence-corrected chi connectivity index (χ1v) is 27.5. The molecule has 406 valence electrons. The number of aromatic nitrogens is 3. The van der Waals surface area contributed by atoms with Gasteiger partial charge in [0.2, 0.25) is 0 Å². The van der Waals surface area contributed by atoms with Gasteiger partial charge in [-0.3, -0.25) is 0 Å². The second-order valence-corrected chi connectivity index (χ2v) is 27.6. The van der Waals surface area contributed by atoms with Gasteiger partial charge >= 0.3 is 0 Å². The van der Waals surface area contributed by atoms with Gasteiger partial charge in [0, 0.05) is 67.3 Å². The number of para-hydroxylation sites is 1. The van der Waals surface area contributed by atoms with Crippen molar-refractivity contribution in [2.45, 2.75) is 157 Å². The standard InChI is InChI=1S/C71H78N5O.Pt/c1-66(2,3)47-30-32-72-63(41-47)76-60-26-20-19-25-56(60)57-29-28-55(43-62(57)76)77-54-24-21-23-53(42-54)74-44-75(61-27-22-31-73-65(61)74)64-58(45-33-48(67(4,5)6)37-49(34-45)68(7,8)9)39-52(71(16,17)18)40-59(64)46-35-50(69(10,11)12)38-51(36-46)70(13,14)15;/h19-41,44H,1-18H3;/q-3;. The first kappa shape index (κ1) is 56.2. The fourth-order valence-electron chi connectivity index (χ4n) is 10.3. The molecule has 0 saturated carbocycles. The van der Waals surface area contributed by atoms with Crippen LogP contribution in [-0.2, 0) is 53.6 Å². The van der Waals surface area contributed by atoms with Crippen LogP contribution in [0.5, 0.6) is 11.5 Å². The zero-order valence-electron chi connectivity index (χ0n) is 49.3. The Kier molecular flexibility index (Phi) is 14.4. The molecule has 1 aliphatic rings. The second-order valence-electron chi connectivity index (χ2n) is 27.6. The third-order valence-corrected chi connectivity index (χ3v) is 15.3. The first-order valence-electron chi connectivity index (χ1n) is 27.5. The summed E-state index contributed by atoms with van der Waals surface area (Å²) in [7, 11) is 0. The van der Waals surface area contributed by atoms with Crippen molar-refractivity contribution in [3.8, 4) is 39.6 Å². The Labute approximate surface area is 480 Å². The topological polar surface area (TPSA) is 46.4 Å². The Bertz CT molecular complexity index is 3570. The first-order chi connectivity index (χ1) is 35.9. The number of nitrogens with zero attached hydrogens (tertiary/aromatic N) is 5. The van der Waals surface area contributed by atoms with Crippen LogP contribution in [0.15, 0.2) is 140 Å². The summed E-state index contributed by atoms with van der Waals surface area (Å²) >= 11 is 0. The average molecular weight is 1210 g/mol. The fraction of sp³-hybridized carbons (Fsp3) is 0.338. The molecule has 0 aliphatic carbocycles. The molecule has 7 heteroatoms. The summed E-state index contributed by atoms with van der Waals surface area (Å²) in [4.78, 5) is 14.6. The largest absolute Gasteiger partial charge is 0.509 e. The summed E-state index contributed by atoms with van der Waals surface area (Å²) in [6.07, 6.45) is 3.79. The van der Waals surface area contributed by atoms with Crippen LogP contribution in [0, 0.1) is 18.8 Å². The van der Waals surface area contributed by atoms with E-state index >= 15 is 0 Å². The van der Waals surface area contributed by atoms with Crippen molar-refractivity contribution >= 4 is 44.7 Å². The van der Waals surface area contributed by atoms with Crippen LogP contribution in [0.25, 0.3) is 49.9 Å². The number of pyridine rings is 2. The van der Waals surface area contributed by atoms with Crippen LogP contribution in [-0.4, -0.2) is 14.5 Å². The Morgan fingerprint density at radius 2 is 0.962 bits per heavy atom. The Morgan fingerprint density at radius 1 is 0.436 bits per heavy atom. The molecular formula is C71H78N5OPt-3. The molecule has 1 aliphatic heterocycles. The van der Waals surface area contributed by atoms with E-state index in [1.54, 1.807) is 0 Å². The molecular weight excluding hydrogens is 1130 g/mol. The number of benzene rings is 6. The van der Waals surface area contributed by atoms with Gasteiger partial charge in [-0.05, 0) is 125 Å². The zero-order chi connectivity index (χ0) is 55.4. The molecule has 78 heavy (non-hydrogen) atoms. The predicted molar refractivity (Wildman–Crippen MR) is 325 cm³/mol. The van der Waals surface area contributed by atoms with Crippen molar-refractivity contribution in [2.24, 2.45) is 0 Å². The summed E-state index contributed by atoms with van der Waals surface area (Å²) < 4.78 is 8.99. The summed E-state index contributed by atoms with van der Waals surface area (Å²) in [5, 5.41) is 2.21. The van der Waals surface area contributed by atoms with Gasteiger partial charge in [-0.25, -0.2) is 9.97 Å². The van der Waals surface area contributed by atoms with E-state index in [0.29, 0.717) is 11.5 Å². The third kappa shape index (κ3) is 11.0. The number of ether oxygens (including phenoxy) is 1. The van der Waals surface area contributed by atoms with E-state index in [0.717, 1.165) is 50.5 Å². The third-order valence-electron chi connectivity index (χ3n) is 15.3. The maximum atomic E-state index is 6.78. The molecule has 6 aromatic carbocycles. The maximum Gasteiger partial charge on any atom is 0.135 e. The van der Waals surface area contributed by atoms with Crippen LogP contribution in [0.1, 0.15) is 158 Å². The van der Waals surface area contributed by atoms with Gasteiger partial charge in [-0.1, -0.05) is 190 Å². The number of hydrogen-bond acceptors (Lipinski definition) is 5. The van der Waals surface area contributed by atoms with Crippen molar-refractivity contribution in [1.29, 1.82) is 0 Å². The summed E-state index contributed by atoms with van der Waals surface area (Å²) in [5.41, 5.74) is 16.7. The minimum Gasteiger partial charge on any atom is -0.509 e. The minimum absolute atomic E-state index is 0. The maximum absolute atomic E-state index is 6.78. The minimum atomic E-state index is -0.159. The average Bonchev–Trinajstić information content (AvgIpc) is 4.11. The summed E-state index contributed by atoms with van der Waals surface area (Å²) in [5.74, 6) is 2.80. The molecule has 0 atom stereocenters. The van der Waals surface area contributed by atoms with Gasteiger partial charge in [0.25, 0.3) is 0 Å². The monoisotopic (exact) mass is 1210 g/mol. The molecule has 9 aromatic rings. The van der Waals surface area contributed by atoms with E-state index in [-0.39, 0.29) is 53.6 Å². The quantitative estimate of drug-likeness (QED) is 0.149. The van der Waals surface area contributed by atoms with Crippen molar-refractivity contribution in [2.75, 3.05) is 9.80 Å². The van der Waals surface area contributed by atoms with Gasteiger partial charge in [0.15, 0.2) is 0 Å². The van der Waals surface area contributed by atoms with E-state index < -0.39 is 0 Å². The zero-order valence-corrected chi connectivity index (χ0v) is 51.6. The van der Waals surface area contributed by atoms with E-state index in [1.165, 1.54) is 55.6 Å². The molecule has 4 heterocycles. The van der Waals surface area contributed by atoms with Gasteiger partial charge in [-0.2, -0.15) is 12.1 Å². The molecule has 0 fully saturated rings. The molecule has 10 rings (SSSR count). The molecule has 0 amide bonds. The molecule has 3 aromatic heterocycles. The molecule has 0 saturated heterocycles. The van der Waals surface area contributed by atoms with Crippen LogP contribution in [0.2, 0.25) is 0 Å². The Balaban J connectivity index is 0.00000740. The van der Waals surface area contributed by atoms with Crippen molar-refractivity contribution in [3.05, 3.63) is 192 Å². The van der Waals surface area contributed by atoms with Crippen LogP contribution in [0.4, 0.5) is 22.9 Å². The molecule has 0 N–H and O–H groups in total. The molecule has 6 nitrogen and oxygen atoms in total. The van der Waals surface area contributed by atoms with Crippen LogP contribution < -0.4 is 14.5 Å². The van der Waals surface area contributed by atoms with Crippen LogP contribution in [0.3, 0.4) is 0 Å². The van der Waals surface area contributed by atoms with E-state index in [2.05, 4.69) is 261 Å². The fourth-order valence-corrected chi connectivity index (χ4v) is 10.3.